The van der Waals surface area contributed by atoms with Crippen molar-refractivity contribution in [2.75, 3.05) is 13.2 Å². The first-order valence-electron chi connectivity index (χ1n) is 3.32. The van der Waals surface area contributed by atoms with E-state index in [0.29, 0.717) is 6.61 Å². The molecule has 0 unspecified atom stereocenters. The summed E-state index contributed by atoms with van der Waals surface area (Å²) in [6.45, 7) is 0.423. The minimum absolute atomic E-state index is 0.0615. The second-order valence-corrected chi connectivity index (χ2v) is 3.27. The molecule has 0 aliphatic heterocycles. The maximum atomic E-state index is 8.46. The van der Waals surface area contributed by atoms with Crippen LogP contribution in [0.15, 0.2) is 24.3 Å². The first-order chi connectivity index (χ1) is 5.33. The summed E-state index contributed by atoms with van der Waals surface area (Å²) in [6, 6.07) is 7.70. The third-order valence-electron chi connectivity index (χ3n) is 1.17. The number of aliphatic hydroxyl groups excluding tert-OH is 1. The summed E-state index contributed by atoms with van der Waals surface area (Å²) in [5.41, 5.74) is 0. The molecule has 2 nitrogen and oxygen atoms in total. The number of rotatable bonds is 3. The highest BCUT2D eigenvalue weighted by atomic mass is 127. The molecule has 0 saturated carbocycles. The summed E-state index contributed by atoms with van der Waals surface area (Å²) in [4.78, 5) is 0. The molecule has 0 bridgehead atoms. The second-order valence-electron chi connectivity index (χ2n) is 2.03. The van der Waals surface area contributed by atoms with E-state index in [0.717, 1.165) is 5.75 Å². The summed E-state index contributed by atoms with van der Waals surface area (Å²) in [7, 11) is 0. The van der Waals surface area contributed by atoms with Gasteiger partial charge in [-0.2, -0.15) is 0 Å². The first kappa shape index (κ1) is 8.80. The highest BCUT2D eigenvalue weighted by molar-refractivity contribution is 14.1. The Kier molecular flexibility index (Phi) is 3.65. The number of aliphatic hydroxyl groups is 1. The molecular formula is C8H9IO2. The van der Waals surface area contributed by atoms with Crippen LogP contribution in [0.1, 0.15) is 0 Å². The molecule has 0 atom stereocenters. The Morgan fingerprint density at radius 1 is 1.27 bits per heavy atom. The van der Waals surface area contributed by atoms with Crippen LogP contribution < -0.4 is 4.74 Å². The lowest BCUT2D eigenvalue weighted by Gasteiger charge is -2.02. The Hall–Kier alpha value is -0.290. The van der Waals surface area contributed by atoms with Crippen LogP contribution in [0.25, 0.3) is 0 Å². The fourth-order valence-electron chi connectivity index (χ4n) is 0.694. The van der Waals surface area contributed by atoms with E-state index in [-0.39, 0.29) is 6.61 Å². The number of ether oxygens (including phenoxy) is 1. The highest BCUT2D eigenvalue weighted by Crippen LogP contribution is 2.12. The molecule has 0 saturated heterocycles. The average Bonchev–Trinajstić information content (AvgIpc) is 2.04. The Labute approximate surface area is 79.3 Å². The molecule has 11 heavy (non-hydrogen) atoms. The SMILES string of the molecule is OCCOc1ccc(I)cc1. The summed E-state index contributed by atoms with van der Waals surface area (Å²) < 4.78 is 6.34. The lowest BCUT2D eigenvalue weighted by atomic mass is 10.3. The van der Waals surface area contributed by atoms with Crippen molar-refractivity contribution >= 4 is 22.6 Å². The van der Waals surface area contributed by atoms with Crippen molar-refractivity contribution in [3.05, 3.63) is 27.8 Å². The molecule has 1 rings (SSSR count). The number of halogens is 1. The molecule has 0 amide bonds. The molecule has 0 fully saturated rings. The van der Waals surface area contributed by atoms with Gasteiger partial charge in [0.25, 0.3) is 0 Å². The molecule has 1 aromatic rings. The molecule has 1 aromatic carbocycles. The van der Waals surface area contributed by atoms with Gasteiger partial charge in [0.1, 0.15) is 12.4 Å². The largest absolute Gasteiger partial charge is 0.491 e. The van der Waals surface area contributed by atoms with Crippen LogP contribution in [0.3, 0.4) is 0 Å². The van der Waals surface area contributed by atoms with Crippen molar-refractivity contribution in [3.63, 3.8) is 0 Å². The van der Waals surface area contributed by atoms with Gasteiger partial charge in [0.05, 0.1) is 6.61 Å². The van der Waals surface area contributed by atoms with Crippen molar-refractivity contribution in [2.24, 2.45) is 0 Å². The van der Waals surface area contributed by atoms with E-state index in [2.05, 4.69) is 22.6 Å². The third-order valence-corrected chi connectivity index (χ3v) is 1.89. The van der Waals surface area contributed by atoms with Crippen LogP contribution in [0.5, 0.6) is 5.75 Å². The third kappa shape index (κ3) is 3.07. The van der Waals surface area contributed by atoms with E-state index >= 15 is 0 Å². The van der Waals surface area contributed by atoms with Crippen LogP contribution >= 0.6 is 22.6 Å². The van der Waals surface area contributed by atoms with Gasteiger partial charge in [-0.15, -0.1) is 0 Å². The quantitative estimate of drug-likeness (QED) is 0.841. The van der Waals surface area contributed by atoms with Gasteiger partial charge in [-0.25, -0.2) is 0 Å². The monoisotopic (exact) mass is 264 g/mol. The molecule has 0 heterocycles. The maximum absolute atomic E-state index is 8.46. The zero-order chi connectivity index (χ0) is 8.10. The van der Waals surface area contributed by atoms with E-state index in [1.807, 2.05) is 24.3 Å². The van der Waals surface area contributed by atoms with Crippen LogP contribution in [0, 0.1) is 3.57 Å². The molecule has 0 radical (unpaired) electrons. The van der Waals surface area contributed by atoms with Crippen LogP contribution in [-0.4, -0.2) is 18.3 Å². The molecule has 0 aromatic heterocycles. The number of hydrogen-bond acceptors (Lipinski definition) is 2. The van der Waals surface area contributed by atoms with E-state index in [1.165, 1.54) is 3.57 Å². The van der Waals surface area contributed by atoms with Crippen molar-refractivity contribution in [2.45, 2.75) is 0 Å². The van der Waals surface area contributed by atoms with Gasteiger partial charge in [-0.3, -0.25) is 0 Å². The van der Waals surface area contributed by atoms with E-state index in [4.69, 9.17) is 9.84 Å². The van der Waals surface area contributed by atoms with E-state index < -0.39 is 0 Å². The standard InChI is InChI=1S/C8H9IO2/c9-7-1-3-8(4-2-7)11-6-5-10/h1-4,10H,5-6H2. The van der Waals surface area contributed by atoms with Crippen molar-refractivity contribution < 1.29 is 9.84 Å². The lowest BCUT2D eigenvalue weighted by Crippen LogP contribution is -2.01. The average molecular weight is 264 g/mol. The fourth-order valence-corrected chi connectivity index (χ4v) is 1.05. The van der Waals surface area contributed by atoms with Crippen LogP contribution in [0.4, 0.5) is 0 Å². The molecular weight excluding hydrogens is 255 g/mol. The Bertz CT molecular complexity index is 208. The summed E-state index contributed by atoms with van der Waals surface area (Å²) in [5, 5.41) is 8.46. The Morgan fingerprint density at radius 3 is 2.45 bits per heavy atom. The normalized spacial score (nSPS) is 9.64. The van der Waals surface area contributed by atoms with Gasteiger partial charge in [-0.05, 0) is 46.9 Å². The van der Waals surface area contributed by atoms with Gasteiger partial charge in [-0.1, -0.05) is 0 Å². The van der Waals surface area contributed by atoms with Gasteiger partial charge in [0.15, 0.2) is 0 Å². The molecule has 60 valence electrons. The van der Waals surface area contributed by atoms with Crippen molar-refractivity contribution in [1.29, 1.82) is 0 Å². The van der Waals surface area contributed by atoms with Gasteiger partial charge >= 0.3 is 0 Å². The smallest absolute Gasteiger partial charge is 0.119 e. The van der Waals surface area contributed by atoms with E-state index in [9.17, 15) is 0 Å². The molecule has 0 aliphatic carbocycles. The summed E-state index contributed by atoms with van der Waals surface area (Å²) >= 11 is 2.23. The number of benzene rings is 1. The zero-order valence-electron chi connectivity index (χ0n) is 5.96. The molecule has 0 spiro atoms. The van der Waals surface area contributed by atoms with E-state index in [1.54, 1.807) is 0 Å². The highest BCUT2D eigenvalue weighted by Gasteiger charge is 1.90. The predicted molar refractivity (Wildman–Crippen MR) is 51.7 cm³/mol. The summed E-state index contributed by atoms with van der Waals surface area (Å²) in [5.74, 6) is 0.805. The molecule has 0 aliphatic rings. The van der Waals surface area contributed by atoms with Crippen molar-refractivity contribution in [1.82, 2.24) is 0 Å². The minimum atomic E-state index is 0.0615. The molecule has 1 N–H and O–H groups in total. The second kappa shape index (κ2) is 4.56. The fraction of sp³-hybridized carbons (Fsp3) is 0.250. The zero-order valence-corrected chi connectivity index (χ0v) is 8.11. The van der Waals surface area contributed by atoms with Gasteiger partial charge < -0.3 is 9.84 Å². The Balaban J connectivity index is 2.52. The first-order valence-corrected chi connectivity index (χ1v) is 4.40. The van der Waals surface area contributed by atoms with Gasteiger partial charge in [0.2, 0.25) is 0 Å². The van der Waals surface area contributed by atoms with Crippen molar-refractivity contribution in [3.8, 4) is 5.75 Å². The Morgan fingerprint density at radius 2 is 1.91 bits per heavy atom. The molecule has 3 heteroatoms. The summed E-state index contributed by atoms with van der Waals surface area (Å²) in [6.07, 6.45) is 0. The minimum Gasteiger partial charge on any atom is -0.491 e. The van der Waals surface area contributed by atoms with Crippen LogP contribution in [-0.2, 0) is 0 Å². The topological polar surface area (TPSA) is 29.5 Å². The lowest BCUT2D eigenvalue weighted by molar-refractivity contribution is 0.201. The van der Waals surface area contributed by atoms with Gasteiger partial charge in [0, 0.05) is 3.57 Å². The number of hydrogen-bond donors (Lipinski definition) is 1. The van der Waals surface area contributed by atoms with Crippen LogP contribution in [0.2, 0.25) is 0 Å². The maximum Gasteiger partial charge on any atom is 0.119 e. The predicted octanol–water partition coefficient (Wildman–Crippen LogP) is 1.66.